The Morgan fingerprint density at radius 1 is 1.16 bits per heavy atom. The van der Waals surface area contributed by atoms with Crippen molar-refractivity contribution in [2.24, 2.45) is 5.73 Å². The van der Waals surface area contributed by atoms with Crippen molar-refractivity contribution in [2.45, 2.75) is 12.5 Å². The number of pyridine rings is 1. The average molecular weight is 253 g/mol. The molecule has 4 nitrogen and oxygen atoms in total. The highest BCUT2D eigenvalue weighted by molar-refractivity contribution is 5.81. The SMILES string of the molecule is Nc1ncccc1CC(N)c1coc2ccccc12. The van der Waals surface area contributed by atoms with Crippen LogP contribution >= 0.6 is 0 Å². The van der Waals surface area contributed by atoms with E-state index in [2.05, 4.69) is 4.98 Å². The van der Waals surface area contributed by atoms with Crippen LogP contribution in [0.25, 0.3) is 11.0 Å². The van der Waals surface area contributed by atoms with E-state index in [0.717, 1.165) is 22.1 Å². The molecule has 0 aliphatic heterocycles. The molecule has 0 saturated heterocycles. The lowest BCUT2D eigenvalue weighted by Crippen LogP contribution is -2.14. The van der Waals surface area contributed by atoms with Gasteiger partial charge >= 0.3 is 0 Å². The second kappa shape index (κ2) is 4.74. The van der Waals surface area contributed by atoms with E-state index < -0.39 is 0 Å². The van der Waals surface area contributed by atoms with Gasteiger partial charge in [-0.15, -0.1) is 0 Å². The molecule has 2 aromatic heterocycles. The fourth-order valence-electron chi connectivity index (χ4n) is 2.26. The van der Waals surface area contributed by atoms with Crippen LogP contribution in [0.5, 0.6) is 0 Å². The number of nitrogens with two attached hydrogens (primary N) is 2. The lowest BCUT2D eigenvalue weighted by molar-refractivity contribution is 0.599. The largest absolute Gasteiger partial charge is 0.464 e. The molecular weight excluding hydrogens is 238 g/mol. The molecule has 96 valence electrons. The van der Waals surface area contributed by atoms with E-state index in [1.165, 1.54) is 0 Å². The molecule has 0 saturated carbocycles. The summed E-state index contributed by atoms with van der Waals surface area (Å²) in [5, 5.41) is 1.05. The third kappa shape index (κ3) is 2.18. The zero-order valence-corrected chi connectivity index (χ0v) is 10.4. The minimum Gasteiger partial charge on any atom is -0.464 e. The molecule has 1 unspecified atom stereocenters. The number of fused-ring (bicyclic) bond motifs is 1. The summed E-state index contributed by atoms with van der Waals surface area (Å²) in [5.41, 5.74) is 14.9. The highest BCUT2D eigenvalue weighted by atomic mass is 16.3. The van der Waals surface area contributed by atoms with Gasteiger partial charge in [0.1, 0.15) is 11.4 Å². The van der Waals surface area contributed by atoms with Crippen molar-refractivity contribution in [2.75, 3.05) is 5.73 Å². The summed E-state index contributed by atoms with van der Waals surface area (Å²) < 4.78 is 5.51. The number of nitrogen functional groups attached to an aromatic ring is 1. The first-order valence-electron chi connectivity index (χ1n) is 6.17. The van der Waals surface area contributed by atoms with E-state index in [1.54, 1.807) is 12.5 Å². The minimum absolute atomic E-state index is 0.157. The first kappa shape index (κ1) is 11.7. The molecule has 0 spiro atoms. The van der Waals surface area contributed by atoms with Crippen LogP contribution in [0.2, 0.25) is 0 Å². The molecule has 1 aromatic carbocycles. The number of hydrogen-bond donors (Lipinski definition) is 2. The molecule has 0 aliphatic carbocycles. The van der Waals surface area contributed by atoms with E-state index in [4.69, 9.17) is 15.9 Å². The topological polar surface area (TPSA) is 78.1 Å². The first-order chi connectivity index (χ1) is 9.25. The quantitative estimate of drug-likeness (QED) is 0.752. The Balaban J connectivity index is 1.92. The maximum Gasteiger partial charge on any atom is 0.134 e. The third-order valence-corrected chi connectivity index (χ3v) is 3.28. The summed E-state index contributed by atoms with van der Waals surface area (Å²) >= 11 is 0. The third-order valence-electron chi connectivity index (χ3n) is 3.28. The van der Waals surface area contributed by atoms with Crippen molar-refractivity contribution in [1.82, 2.24) is 4.98 Å². The summed E-state index contributed by atoms with van der Waals surface area (Å²) in [5.74, 6) is 0.533. The Morgan fingerprint density at radius 2 is 2.00 bits per heavy atom. The Hall–Kier alpha value is -2.33. The van der Waals surface area contributed by atoms with Gasteiger partial charge in [0, 0.05) is 23.2 Å². The van der Waals surface area contributed by atoms with Crippen LogP contribution in [-0.2, 0) is 6.42 Å². The number of furan rings is 1. The molecule has 4 heteroatoms. The second-order valence-corrected chi connectivity index (χ2v) is 4.55. The molecule has 0 aliphatic rings. The Labute approximate surface area is 111 Å². The zero-order valence-electron chi connectivity index (χ0n) is 10.4. The fourth-order valence-corrected chi connectivity index (χ4v) is 2.26. The Kier molecular flexibility index (Phi) is 2.93. The van der Waals surface area contributed by atoms with Gasteiger partial charge in [-0.1, -0.05) is 24.3 Å². The van der Waals surface area contributed by atoms with Gasteiger partial charge in [-0.25, -0.2) is 4.98 Å². The predicted molar refractivity (Wildman–Crippen MR) is 75.5 cm³/mol. The predicted octanol–water partition coefficient (Wildman–Crippen LogP) is 2.65. The summed E-state index contributed by atoms with van der Waals surface area (Å²) in [7, 11) is 0. The molecule has 0 amide bonds. The molecular formula is C15H15N3O. The van der Waals surface area contributed by atoms with E-state index in [1.807, 2.05) is 36.4 Å². The van der Waals surface area contributed by atoms with E-state index in [-0.39, 0.29) is 6.04 Å². The molecule has 19 heavy (non-hydrogen) atoms. The van der Waals surface area contributed by atoms with Gasteiger partial charge in [0.15, 0.2) is 0 Å². The van der Waals surface area contributed by atoms with Crippen molar-refractivity contribution < 1.29 is 4.42 Å². The molecule has 3 aromatic rings. The van der Waals surface area contributed by atoms with Crippen molar-refractivity contribution in [1.29, 1.82) is 0 Å². The highest BCUT2D eigenvalue weighted by Crippen LogP contribution is 2.27. The van der Waals surface area contributed by atoms with Crippen LogP contribution in [-0.4, -0.2) is 4.98 Å². The normalized spacial score (nSPS) is 12.7. The van der Waals surface area contributed by atoms with Gasteiger partial charge in [-0.05, 0) is 24.1 Å². The maximum absolute atomic E-state index is 6.26. The lowest BCUT2D eigenvalue weighted by atomic mass is 9.99. The molecule has 0 bridgehead atoms. The van der Waals surface area contributed by atoms with Gasteiger partial charge in [-0.2, -0.15) is 0 Å². The van der Waals surface area contributed by atoms with Gasteiger partial charge in [0.05, 0.1) is 6.26 Å². The van der Waals surface area contributed by atoms with Gasteiger partial charge in [0.2, 0.25) is 0 Å². The zero-order chi connectivity index (χ0) is 13.2. The molecule has 0 fully saturated rings. The summed E-state index contributed by atoms with van der Waals surface area (Å²) in [6, 6.07) is 11.5. The number of hydrogen-bond acceptors (Lipinski definition) is 4. The van der Waals surface area contributed by atoms with E-state index in [9.17, 15) is 0 Å². The van der Waals surface area contributed by atoms with Gasteiger partial charge in [-0.3, -0.25) is 0 Å². The van der Waals surface area contributed by atoms with Crippen molar-refractivity contribution in [3.05, 3.63) is 60.0 Å². The van der Waals surface area contributed by atoms with Crippen LogP contribution in [0, 0.1) is 0 Å². The van der Waals surface area contributed by atoms with Crippen molar-refractivity contribution in [3.8, 4) is 0 Å². The van der Waals surface area contributed by atoms with Crippen molar-refractivity contribution in [3.63, 3.8) is 0 Å². The number of nitrogens with zero attached hydrogens (tertiary/aromatic N) is 1. The highest BCUT2D eigenvalue weighted by Gasteiger charge is 2.14. The maximum atomic E-state index is 6.26. The van der Waals surface area contributed by atoms with Crippen LogP contribution < -0.4 is 11.5 Å². The number of rotatable bonds is 3. The Morgan fingerprint density at radius 3 is 2.84 bits per heavy atom. The van der Waals surface area contributed by atoms with Crippen LogP contribution in [0.1, 0.15) is 17.2 Å². The smallest absolute Gasteiger partial charge is 0.134 e. The van der Waals surface area contributed by atoms with Crippen molar-refractivity contribution >= 4 is 16.8 Å². The molecule has 1 atom stereocenters. The van der Waals surface area contributed by atoms with Crippen LogP contribution in [0.4, 0.5) is 5.82 Å². The molecule has 2 heterocycles. The van der Waals surface area contributed by atoms with E-state index >= 15 is 0 Å². The molecule has 3 rings (SSSR count). The number of anilines is 1. The summed E-state index contributed by atoms with van der Waals surface area (Å²) in [4.78, 5) is 4.07. The first-order valence-corrected chi connectivity index (χ1v) is 6.17. The lowest BCUT2D eigenvalue weighted by Gasteiger charge is -2.11. The summed E-state index contributed by atoms with van der Waals surface area (Å²) in [6.45, 7) is 0. The molecule has 4 N–H and O–H groups in total. The van der Waals surface area contributed by atoms with Gasteiger partial charge in [0.25, 0.3) is 0 Å². The number of aromatic nitrogens is 1. The summed E-state index contributed by atoms with van der Waals surface area (Å²) in [6.07, 6.45) is 4.04. The Bertz CT molecular complexity index is 705. The fraction of sp³-hybridized carbons (Fsp3) is 0.133. The van der Waals surface area contributed by atoms with Crippen LogP contribution in [0.3, 0.4) is 0 Å². The van der Waals surface area contributed by atoms with Gasteiger partial charge < -0.3 is 15.9 Å². The second-order valence-electron chi connectivity index (χ2n) is 4.55. The monoisotopic (exact) mass is 253 g/mol. The number of para-hydroxylation sites is 1. The van der Waals surface area contributed by atoms with E-state index in [0.29, 0.717) is 12.2 Å². The average Bonchev–Trinajstić information content (AvgIpc) is 2.85. The minimum atomic E-state index is -0.157. The number of benzene rings is 1. The molecule has 0 radical (unpaired) electrons. The standard InChI is InChI=1S/C15H15N3O/c16-13(8-10-4-3-7-18-15(10)17)12-9-19-14-6-2-1-5-11(12)14/h1-7,9,13H,8,16H2,(H2,17,18). The van der Waals surface area contributed by atoms with Crippen LogP contribution in [0.15, 0.2) is 53.3 Å².